The Morgan fingerprint density at radius 2 is 1.11 bits per heavy atom. The highest BCUT2D eigenvalue weighted by Crippen LogP contribution is 2.22. The molecular formula is C42H72O2. The summed E-state index contributed by atoms with van der Waals surface area (Å²) in [6.45, 7) is 13.9. The predicted octanol–water partition coefficient (Wildman–Crippen LogP) is 13.9. The Balaban J connectivity index is 4.14. The van der Waals surface area contributed by atoms with Crippen molar-refractivity contribution in [1.82, 2.24) is 0 Å². The second-order valence-corrected chi connectivity index (χ2v) is 13.8. The van der Waals surface area contributed by atoms with Crippen LogP contribution < -0.4 is 0 Å². The van der Waals surface area contributed by atoms with E-state index in [2.05, 4.69) is 65.8 Å². The molecule has 0 radical (unpaired) electrons. The third-order valence-corrected chi connectivity index (χ3v) is 8.66. The monoisotopic (exact) mass is 609 g/mol. The van der Waals surface area contributed by atoms with Crippen LogP contribution in [0, 0.1) is 17.8 Å². The van der Waals surface area contributed by atoms with Crippen LogP contribution in [0.4, 0.5) is 0 Å². The van der Waals surface area contributed by atoms with Crippen LogP contribution in [0.1, 0.15) is 170 Å². The molecule has 0 aliphatic rings. The van der Waals surface area contributed by atoms with Gasteiger partial charge in [0.2, 0.25) is 0 Å². The van der Waals surface area contributed by atoms with E-state index in [9.17, 15) is 9.90 Å². The highest BCUT2D eigenvalue weighted by Gasteiger charge is 2.07. The highest BCUT2D eigenvalue weighted by atomic mass is 16.4. The number of unbranched alkanes of at least 4 members (excludes halogenated alkanes) is 9. The minimum Gasteiger partial charge on any atom is -0.478 e. The molecule has 0 unspecified atom stereocenters. The third kappa shape index (κ3) is 30.0. The van der Waals surface area contributed by atoms with Gasteiger partial charge in [0.25, 0.3) is 0 Å². The molecule has 0 aromatic rings. The average molecular weight is 609 g/mol. The van der Waals surface area contributed by atoms with Gasteiger partial charge in [0, 0.05) is 5.57 Å². The van der Waals surface area contributed by atoms with Gasteiger partial charge in [-0.2, -0.15) is 0 Å². The topological polar surface area (TPSA) is 37.3 Å². The van der Waals surface area contributed by atoms with Crippen LogP contribution in [0.25, 0.3) is 0 Å². The van der Waals surface area contributed by atoms with Crippen molar-refractivity contribution < 1.29 is 9.90 Å². The van der Waals surface area contributed by atoms with Gasteiger partial charge < -0.3 is 5.11 Å². The Labute approximate surface area is 275 Å². The lowest BCUT2D eigenvalue weighted by molar-refractivity contribution is -0.132. The molecule has 0 bridgehead atoms. The Bertz CT molecular complexity index is 851. The van der Waals surface area contributed by atoms with Crippen molar-refractivity contribution in [2.45, 2.75) is 170 Å². The molecule has 2 atom stereocenters. The fraction of sp³-hybridized carbons (Fsp3) is 0.690. The van der Waals surface area contributed by atoms with Crippen molar-refractivity contribution in [1.29, 1.82) is 0 Å². The van der Waals surface area contributed by atoms with Gasteiger partial charge in [-0.05, 0) is 56.8 Å². The average Bonchev–Trinajstić information content (AvgIpc) is 2.97. The summed E-state index contributed by atoms with van der Waals surface area (Å²) in [6.07, 6.45) is 45.5. The van der Waals surface area contributed by atoms with Crippen LogP contribution in [0.2, 0.25) is 0 Å². The minimum absolute atomic E-state index is 0.430. The molecule has 0 aromatic carbocycles. The number of carboxylic acid groups (broad SMARTS) is 1. The molecule has 2 heteroatoms. The van der Waals surface area contributed by atoms with E-state index >= 15 is 0 Å². The molecule has 0 aliphatic heterocycles. The Morgan fingerprint density at radius 1 is 0.614 bits per heavy atom. The smallest absolute Gasteiger partial charge is 0.331 e. The summed E-state index contributed by atoms with van der Waals surface area (Å²) < 4.78 is 0. The standard InChI is InChI=1S/C42H72O2/c1-7-8-9-10-11-12-13-14-15-16-17-18-19-20-21-22-23-24-34-41(42(43)44)36-35-40(6)33-27-32-39(5)31-26-30-38(4)29-25-28-37(2)3/h17-24,34-35,37-39H,7-16,25-33,36H2,1-6H3,(H,43,44)/b18-17?,20-19?,22-21?,24-23?,40-35+,41-34?/t38-,39-/m1/s1. The zero-order chi connectivity index (χ0) is 32.7. The van der Waals surface area contributed by atoms with E-state index in [0.717, 1.165) is 30.6 Å². The molecule has 0 rings (SSSR count). The first-order valence-electron chi connectivity index (χ1n) is 18.5. The first-order valence-corrected chi connectivity index (χ1v) is 18.5. The summed E-state index contributed by atoms with van der Waals surface area (Å²) in [7, 11) is 0. The lowest BCUT2D eigenvalue weighted by Crippen LogP contribution is -2.00. The van der Waals surface area contributed by atoms with Gasteiger partial charge in [-0.15, -0.1) is 0 Å². The lowest BCUT2D eigenvalue weighted by Gasteiger charge is -2.15. The first kappa shape index (κ1) is 41.9. The quantitative estimate of drug-likeness (QED) is 0.0397. The molecule has 0 saturated heterocycles. The Kier molecular flexibility index (Phi) is 29.4. The fourth-order valence-corrected chi connectivity index (χ4v) is 5.56. The van der Waals surface area contributed by atoms with Crippen molar-refractivity contribution in [3.63, 3.8) is 0 Å². The second kappa shape index (κ2) is 30.9. The van der Waals surface area contributed by atoms with E-state index in [4.69, 9.17) is 0 Å². The number of rotatable bonds is 29. The summed E-state index contributed by atoms with van der Waals surface area (Å²) in [5, 5.41) is 9.60. The van der Waals surface area contributed by atoms with Crippen LogP contribution in [0.5, 0.6) is 0 Å². The van der Waals surface area contributed by atoms with Gasteiger partial charge in [-0.1, -0.05) is 197 Å². The summed E-state index contributed by atoms with van der Waals surface area (Å²) in [6, 6.07) is 0. The van der Waals surface area contributed by atoms with Crippen LogP contribution in [0.15, 0.2) is 71.9 Å². The third-order valence-electron chi connectivity index (χ3n) is 8.66. The molecule has 0 spiro atoms. The number of carboxylic acids is 1. The maximum Gasteiger partial charge on any atom is 0.331 e. The van der Waals surface area contributed by atoms with Crippen molar-refractivity contribution in [2.24, 2.45) is 17.8 Å². The normalized spacial score (nSPS) is 14.7. The molecule has 0 aromatic heterocycles. The van der Waals surface area contributed by atoms with E-state index in [0.29, 0.717) is 12.0 Å². The van der Waals surface area contributed by atoms with E-state index in [1.807, 2.05) is 30.4 Å². The van der Waals surface area contributed by atoms with Crippen LogP contribution in [-0.4, -0.2) is 11.1 Å². The zero-order valence-electron chi connectivity index (χ0n) is 30.0. The van der Waals surface area contributed by atoms with Crippen molar-refractivity contribution in [3.8, 4) is 0 Å². The molecule has 252 valence electrons. The number of allylic oxidation sites excluding steroid dienone is 11. The van der Waals surface area contributed by atoms with Crippen molar-refractivity contribution in [3.05, 3.63) is 71.9 Å². The van der Waals surface area contributed by atoms with Crippen molar-refractivity contribution in [2.75, 3.05) is 0 Å². The van der Waals surface area contributed by atoms with Gasteiger partial charge >= 0.3 is 5.97 Å². The van der Waals surface area contributed by atoms with Gasteiger partial charge in [-0.3, -0.25) is 0 Å². The van der Waals surface area contributed by atoms with Crippen molar-refractivity contribution >= 4 is 5.97 Å². The first-order chi connectivity index (χ1) is 21.3. The molecule has 0 heterocycles. The highest BCUT2D eigenvalue weighted by molar-refractivity contribution is 5.87. The molecule has 1 N–H and O–H groups in total. The molecule has 0 amide bonds. The van der Waals surface area contributed by atoms with Gasteiger partial charge in [0.1, 0.15) is 0 Å². The lowest BCUT2D eigenvalue weighted by atomic mass is 9.91. The largest absolute Gasteiger partial charge is 0.478 e. The van der Waals surface area contributed by atoms with Crippen LogP contribution in [-0.2, 0) is 4.79 Å². The SMILES string of the molecule is CCCCCCCCCCCC=CC=CC=CC=CC=C(C/C=C(\C)CCC[C@H](C)CCC[C@H](C)CCCC(C)C)C(=O)O. The van der Waals surface area contributed by atoms with E-state index in [1.54, 1.807) is 6.08 Å². The van der Waals surface area contributed by atoms with Crippen LogP contribution >= 0.6 is 0 Å². The minimum atomic E-state index is -0.841. The van der Waals surface area contributed by atoms with Gasteiger partial charge in [-0.25, -0.2) is 4.79 Å². The van der Waals surface area contributed by atoms with E-state index < -0.39 is 5.97 Å². The van der Waals surface area contributed by atoms with Gasteiger partial charge in [0.15, 0.2) is 0 Å². The molecule has 0 fully saturated rings. The molecular weight excluding hydrogens is 536 g/mol. The Hall–Kier alpha value is -2.09. The van der Waals surface area contributed by atoms with Crippen LogP contribution in [0.3, 0.4) is 0 Å². The molecule has 0 saturated carbocycles. The van der Waals surface area contributed by atoms with E-state index in [1.165, 1.54) is 115 Å². The number of hydrogen-bond acceptors (Lipinski definition) is 1. The number of carbonyl (C=O) groups is 1. The number of hydrogen-bond donors (Lipinski definition) is 1. The van der Waals surface area contributed by atoms with Gasteiger partial charge in [0.05, 0.1) is 0 Å². The Morgan fingerprint density at radius 3 is 1.68 bits per heavy atom. The summed E-state index contributed by atoms with van der Waals surface area (Å²) in [4.78, 5) is 11.7. The zero-order valence-corrected chi connectivity index (χ0v) is 30.0. The number of aliphatic carboxylic acids is 1. The fourth-order valence-electron chi connectivity index (χ4n) is 5.56. The second-order valence-electron chi connectivity index (χ2n) is 13.8. The maximum absolute atomic E-state index is 11.7. The predicted molar refractivity (Wildman–Crippen MR) is 197 cm³/mol. The molecule has 2 nitrogen and oxygen atoms in total. The van der Waals surface area contributed by atoms with E-state index in [-0.39, 0.29) is 0 Å². The molecule has 0 aliphatic carbocycles. The molecule has 44 heavy (non-hydrogen) atoms. The summed E-state index contributed by atoms with van der Waals surface area (Å²) in [5.74, 6) is 1.62. The summed E-state index contributed by atoms with van der Waals surface area (Å²) >= 11 is 0. The summed E-state index contributed by atoms with van der Waals surface area (Å²) in [5.41, 5.74) is 1.72. The maximum atomic E-state index is 11.7.